The Labute approximate surface area is 86.2 Å². The summed E-state index contributed by atoms with van der Waals surface area (Å²) in [4.78, 5) is 15.4. The highest BCUT2D eigenvalue weighted by Crippen LogP contribution is 2.28. The smallest absolute Gasteiger partial charge is 0.170 e. The molecular formula is C11H9NO3. The van der Waals surface area contributed by atoms with Crippen molar-refractivity contribution in [2.45, 2.75) is 5.92 Å². The van der Waals surface area contributed by atoms with Gasteiger partial charge in [-0.1, -0.05) is 0 Å². The third kappa shape index (κ3) is 1.61. The molecule has 76 valence electrons. The van der Waals surface area contributed by atoms with Gasteiger partial charge < -0.3 is 10.2 Å². The first kappa shape index (κ1) is 9.45. The van der Waals surface area contributed by atoms with Crippen molar-refractivity contribution in [3.63, 3.8) is 0 Å². The van der Waals surface area contributed by atoms with Gasteiger partial charge in [-0.3, -0.25) is 9.78 Å². The standard InChI is InChI=1S/C11H9NO3/c13-8-1-2-9(14)11(15)10(8)7-3-5-12-6-4-7/h1-6,10,14-15H. The molecule has 1 atom stereocenters. The average molecular weight is 203 g/mol. The van der Waals surface area contributed by atoms with Crippen molar-refractivity contribution < 1.29 is 15.0 Å². The zero-order chi connectivity index (χ0) is 10.8. The molecule has 0 bridgehead atoms. The molecular weight excluding hydrogens is 194 g/mol. The highest BCUT2D eigenvalue weighted by atomic mass is 16.3. The van der Waals surface area contributed by atoms with Crippen molar-refractivity contribution in [2.75, 3.05) is 0 Å². The maximum absolute atomic E-state index is 11.5. The predicted octanol–water partition coefficient (Wildman–Crippen LogP) is 1.63. The fourth-order valence-electron chi connectivity index (χ4n) is 1.50. The van der Waals surface area contributed by atoms with Gasteiger partial charge in [-0.05, 0) is 29.8 Å². The normalized spacial score (nSPS) is 20.8. The van der Waals surface area contributed by atoms with Crippen molar-refractivity contribution in [3.8, 4) is 0 Å². The largest absolute Gasteiger partial charge is 0.507 e. The SMILES string of the molecule is O=C1C=CC(O)=C(O)C1c1ccncc1. The molecule has 4 nitrogen and oxygen atoms in total. The Morgan fingerprint density at radius 2 is 1.80 bits per heavy atom. The van der Waals surface area contributed by atoms with Crippen molar-refractivity contribution in [2.24, 2.45) is 0 Å². The Morgan fingerprint density at radius 1 is 1.13 bits per heavy atom. The van der Waals surface area contributed by atoms with Gasteiger partial charge in [0.25, 0.3) is 0 Å². The molecule has 0 saturated heterocycles. The summed E-state index contributed by atoms with van der Waals surface area (Å²) in [5, 5.41) is 18.9. The van der Waals surface area contributed by atoms with Crippen LogP contribution in [0.15, 0.2) is 48.2 Å². The average Bonchev–Trinajstić information content (AvgIpc) is 2.26. The van der Waals surface area contributed by atoms with Crippen molar-refractivity contribution in [1.29, 1.82) is 0 Å². The lowest BCUT2D eigenvalue weighted by Crippen LogP contribution is -2.17. The Balaban J connectivity index is 2.46. The van der Waals surface area contributed by atoms with Crippen LogP contribution in [0.2, 0.25) is 0 Å². The van der Waals surface area contributed by atoms with Gasteiger partial charge in [0.15, 0.2) is 11.5 Å². The lowest BCUT2D eigenvalue weighted by molar-refractivity contribution is -0.116. The summed E-state index contributed by atoms with van der Waals surface area (Å²) in [7, 11) is 0. The molecule has 1 heterocycles. The van der Waals surface area contributed by atoms with Crippen LogP contribution in [0.3, 0.4) is 0 Å². The number of aliphatic hydroxyl groups is 2. The maximum Gasteiger partial charge on any atom is 0.170 e. The number of hydrogen-bond donors (Lipinski definition) is 2. The molecule has 2 rings (SSSR count). The summed E-state index contributed by atoms with van der Waals surface area (Å²) in [5.41, 5.74) is 0.614. The van der Waals surface area contributed by atoms with E-state index in [2.05, 4.69) is 4.98 Å². The molecule has 0 radical (unpaired) electrons. The van der Waals surface area contributed by atoms with Gasteiger partial charge in [-0.2, -0.15) is 0 Å². The first-order valence-electron chi connectivity index (χ1n) is 4.44. The van der Waals surface area contributed by atoms with Crippen molar-refractivity contribution in [3.05, 3.63) is 53.8 Å². The highest BCUT2D eigenvalue weighted by molar-refractivity contribution is 5.99. The van der Waals surface area contributed by atoms with E-state index >= 15 is 0 Å². The molecule has 1 aliphatic rings. The number of nitrogens with zero attached hydrogens (tertiary/aromatic N) is 1. The lowest BCUT2D eigenvalue weighted by Gasteiger charge is -2.17. The number of aromatic nitrogens is 1. The molecule has 4 heteroatoms. The van der Waals surface area contributed by atoms with Crippen LogP contribution in [-0.4, -0.2) is 21.0 Å². The van der Waals surface area contributed by atoms with E-state index in [-0.39, 0.29) is 17.3 Å². The number of carbonyl (C=O) groups excluding carboxylic acids is 1. The second kappa shape index (κ2) is 3.57. The molecule has 0 fully saturated rings. The van der Waals surface area contributed by atoms with Crippen LogP contribution < -0.4 is 0 Å². The number of allylic oxidation sites excluding steroid dienone is 3. The fourth-order valence-corrected chi connectivity index (χ4v) is 1.50. The van der Waals surface area contributed by atoms with Gasteiger partial charge in [0.05, 0.1) is 0 Å². The Morgan fingerprint density at radius 3 is 2.47 bits per heavy atom. The predicted molar refractivity (Wildman–Crippen MR) is 53.4 cm³/mol. The molecule has 1 aliphatic carbocycles. The van der Waals surface area contributed by atoms with E-state index in [0.717, 1.165) is 0 Å². The molecule has 0 spiro atoms. The van der Waals surface area contributed by atoms with Gasteiger partial charge in [-0.25, -0.2) is 0 Å². The van der Waals surface area contributed by atoms with E-state index in [1.54, 1.807) is 12.1 Å². The third-order valence-electron chi connectivity index (χ3n) is 2.27. The van der Waals surface area contributed by atoms with Gasteiger partial charge in [0, 0.05) is 12.4 Å². The molecule has 0 saturated carbocycles. The van der Waals surface area contributed by atoms with E-state index in [4.69, 9.17) is 0 Å². The zero-order valence-electron chi connectivity index (χ0n) is 7.79. The molecule has 15 heavy (non-hydrogen) atoms. The number of rotatable bonds is 1. The fraction of sp³-hybridized carbons (Fsp3) is 0.0909. The number of carbonyl (C=O) groups is 1. The first-order valence-corrected chi connectivity index (χ1v) is 4.44. The van der Waals surface area contributed by atoms with Crippen LogP contribution in [-0.2, 0) is 4.79 Å². The number of pyridine rings is 1. The summed E-state index contributed by atoms with van der Waals surface area (Å²) in [6, 6.07) is 3.26. The quantitative estimate of drug-likeness (QED) is 0.727. The van der Waals surface area contributed by atoms with Gasteiger partial charge in [0.2, 0.25) is 0 Å². The monoisotopic (exact) mass is 203 g/mol. The topological polar surface area (TPSA) is 70.4 Å². The number of hydrogen-bond acceptors (Lipinski definition) is 4. The molecule has 1 aromatic heterocycles. The minimum atomic E-state index is -0.807. The second-order valence-corrected chi connectivity index (χ2v) is 3.22. The molecule has 0 aliphatic heterocycles. The molecule has 0 amide bonds. The van der Waals surface area contributed by atoms with Crippen LogP contribution in [0.25, 0.3) is 0 Å². The van der Waals surface area contributed by atoms with Crippen LogP contribution in [0.5, 0.6) is 0 Å². The van der Waals surface area contributed by atoms with Crippen LogP contribution in [0, 0.1) is 0 Å². The Bertz CT molecular complexity index is 448. The maximum atomic E-state index is 11.5. The van der Waals surface area contributed by atoms with E-state index in [9.17, 15) is 15.0 Å². The molecule has 0 aromatic carbocycles. The third-order valence-corrected chi connectivity index (χ3v) is 2.27. The molecule has 1 unspecified atom stereocenters. The van der Waals surface area contributed by atoms with Gasteiger partial charge in [0.1, 0.15) is 11.7 Å². The summed E-state index contributed by atoms with van der Waals surface area (Å²) >= 11 is 0. The molecule has 2 N–H and O–H groups in total. The first-order chi connectivity index (χ1) is 7.20. The van der Waals surface area contributed by atoms with Crippen LogP contribution >= 0.6 is 0 Å². The van der Waals surface area contributed by atoms with Crippen LogP contribution in [0.4, 0.5) is 0 Å². The van der Waals surface area contributed by atoms with Crippen molar-refractivity contribution >= 4 is 5.78 Å². The minimum Gasteiger partial charge on any atom is -0.507 e. The van der Waals surface area contributed by atoms with Crippen molar-refractivity contribution in [1.82, 2.24) is 4.98 Å². The lowest BCUT2D eigenvalue weighted by atomic mass is 9.90. The minimum absolute atomic E-state index is 0.253. The van der Waals surface area contributed by atoms with E-state index in [1.165, 1.54) is 24.5 Å². The Kier molecular flexibility index (Phi) is 2.25. The van der Waals surface area contributed by atoms with Gasteiger partial charge in [-0.15, -0.1) is 0 Å². The van der Waals surface area contributed by atoms with Crippen LogP contribution in [0.1, 0.15) is 11.5 Å². The number of ketones is 1. The highest BCUT2D eigenvalue weighted by Gasteiger charge is 2.28. The van der Waals surface area contributed by atoms with E-state index in [1.807, 2.05) is 0 Å². The van der Waals surface area contributed by atoms with Gasteiger partial charge >= 0.3 is 0 Å². The van der Waals surface area contributed by atoms with E-state index < -0.39 is 5.92 Å². The summed E-state index contributed by atoms with van der Waals surface area (Å²) in [5.74, 6) is -1.64. The van der Waals surface area contributed by atoms with E-state index in [0.29, 0.717) is 5.56 Å². The summed E-state index contributed by atoms with van der Waals surface area (Å²) in [6.45, 7) is 0. The Hall–Kier alpha value is -2.10. The molecule has 1 aromatic rings. The number of aliphatic hydroxyl groups excluding tert-OH is 2. The second-order valence-electron chi connectivity index (χ2n) is 3.22. The summed E-state index contributed by atoms with van der Waals surface area (Å²) < 4.78 is 0. The zero-order valence-corrected chi connectivity index (χ0v) is 7.79. The summed E-state index contributed by atoms with van der Waals surface area (Å²) in [6.07, 6.45) is 5.51.